The summed E-state index contributed by atoms with van der Waals surface area (Å²) in [5, 5.41) is 3.56. The van der Waals surface area contributed by atoms with E-state index < -0.39 is 0 Å². The Morgan fingerprint density at radius 3 is 2.69 bits per heavy atom. The summed E-state index contributed by atoms with van der Waals surface area (Å²) in [7, 11) is 0. The predicted molar refractivity (Wildman–Crippen MR) is 73.4 cm³/mol. The van der Waals surface area contributed by atoms with E-state index in [1.807, 2.05) is 0 Å². The molecular formula is C12H26BrN3. The predicted octanol–water partition coefficient (Wildman–Crippen LogP) is 2.65. The molecule has 1 saturated heterocycles. The lowest BCUT2D eigenvalue weighted by Gasteiger charge is -2.34. The summed E-state index contributed by atoms with van der Waals surface area (Å²) in [6.45, 7) is 2.26. The van der Waals surface area contributed by atoms with Crippen LogP contribution in [-0.4, -0.2) is 17.0 Å². The zero-order valence-corrected chi connectivity index (χ0v) is 11.9. The SMILES string of the molecule is CCCCCCCC1NC(NN)CCC1Br. The van der Waals surface area contributed by atoms with E-state index in [0.717, 1.165) is 6.42 Å². The van der Waals surface area contributed by atoms with E-state index in [4.69, 9.17) is 5.84 Å². The van der Waals surface area contributed by atoms with Crippen molar-refractivity contribution < 1.29 is 0 Å². The van der Waals surface area contributed by atoms with Gasteiger partial charge in [0.15, 0.2) is 0 Å². The van der Waals surface area contributed by atoms with Crippen molar-refractivity contribution in [2.75, 3.05) is 0 Å². The molecule has 96 valence electrons. The van der Waals surface area contributed by atoms with Crippen LogP contribution in [0.25, 0.3) is 0 Å². The van der Waals surface area contributed by atoms with E-state index >= 15 is 0 Å². The molecule has 0 bridgehead atoms. The van der Waals surface area contributed by atoms with E-state index in [9.17, 15) is 0 Å². The molecular weight excluding hydrogens is 266 g/mol. The second-order valence-corrected chi connectivity index (χ2v) is 5.96. The number of unbranched alkanes of at least 4 members (excludes halogenated alkanes) is 4. The van der Waals surface area contributed by atoms with Crippen LogP contribution in [0.2, 0.25) is 0 Å². The number of halogens is 1. The quantitative estimate of drug-likeness (QED) is 0.293. The van der Waals surface area contributed by atoms with E-state index in [-0.39, 0.29) is 0 Å². The molecule has 1 rings (SSSR count). The second-order valence-electron chi connectivity index (χ2n) is 4.79. The normalized spacial score (nSPS) is 30.6. The van der Waals surface area contributed by atoms with Gasteiger partial charge in [0, 0.05) is 10.9 Å². The fraction of sp³-hybridized carbons (Fsp3) is 1.00. The Morgan fingerprint density at radius 1 is 1.25 bits per heavy atom. The molecule has 4 N–H and O–H groups in total. The Hall–Kier alpha value is 0.360. The molecule has 0 aliphatic carbocycles. The molecule has 0 aromatic heterocycles. The molecule has 0 amide bonds. The van der Waals surface area contributed by atoms with E-state index in [2.05, 4.69) is 33.6 Å². The number of piperidine rings is 1. The van der Waals surface area contributed by atoms with E-state index in [1.165, 1.54) is 44.9 Å². The molecule has 3 atom stereocenters. The molecule has 3 nitrogen and oxygen atoms in total. The van der Waals surface area contributed by atoms with Crippen LogP contribution in [0.3, 0.4) is 0 Å². The highest BCUT2D eigenvalue weighted by molar-refractivity contribution is 9.09. The van der Waals surface area contributed by atoms with Crippen LogP contribution in [0.15, 0.2) is 0 Å². The van der Waals surface area contributed by atoms with Crippen LogP contribution in [0.4, 0.5) is 0 Å². The number of hydrazine groups is 1. The third-order valence-corrected chi connectivity index (χ3v) is 4.50. The zero-order valence-electron chi connectivity index (χ0n) is 10.3. The van der Waals surface area contributed by atoms with Gasteiger partial charge in [0.1, 0.15) is 0 Å². The van der Waals surface area contributed by atoms with Gasteiger partial charge in [-0.25, -0.2) is 5.43 Å². The van der Waals surface area contributed by atoms with Crippen LogP contribution in [0.1, 0.15) is 58.3 Å². The third-order valence-electron chi connectivity index (χ3n) is 3.40. The van der Waals surface area contributed by atoms with Gasteiger partial charge in [-0.3, -0.25) is 11.2 Å². The highest BCUT2D eigenvalue weighted by atomic mass is 79.9. The largest absolute Gasteiger partial charge is 0.297 e. The standard InChI is InChI=1S/C12H26BrN3/c1-2-3-4-5-6-7-11-10(13)8-9-12(15-11)16-14/h10-12,15-16H,2-9,14H2,1H3. The Labute approximate surface area is 108 Å². The summed E-state index contributed by atoms with van der Waals surface area (Å²) in [6.07, 6.45) is 10.7. The van der Waals surface area contributed by atoms with Crippen LogP contribution < -0.4 is 16.6 Å². The minimum Gasteiger partial charge on any atom is -0.297 e. The molecule has 0 aromatic carbocycles. The number of hydrogen-bond acceptors (Lipinski definition) is 3. The first-order valence-electron chi connectivity index (χ1n) is 6.64. The summed E-state index contributed by atoms with van der Waals surface area (Å²) in [5.41, 5.74) is 2.83. The Balaban J connectivity index is 2.13. The second kappa shape index (κ2) is 8.45. The topological polar surface area (TPSA) is 50.1 Å². The molecule has 0 radical (unpaired) electrons. The van der Waals surface area contributed by atoms with Gasteiger partial charge in [0.2, 0.25) is 0 Å². The van der Waals surface area contributed by atoms with Crippen LogP contribution >= 0.6 is 15.9 Å². The highest BCUT2D eigenvalue weighted by Crippen LogP contribution is 2.23. The molecule has 1 aliphatic rings. The highest BCUT2D eigenvalue weighted by Gasteiger charge is 2.26. The summed E-state index contributed by atoms with van der Waals surface area (Å²) >= 11 is 3.76. The third kappa shape index (κ3) is 5.13. The van der Waals surface area contributed by atoms with Gasteiger partial charge in [-0.1, -0.05) is 55.0 Å². The minimum absolute atomic E-state index is 0.300. The molecule has 1 aliphatic heterocycles. The molecule has 0 saturated carbocycles. The van der Waals surface area contributed by atoms with Crippen molar-refractivity contribution in [3.8, 4) is 0 Å². The van der Waals surface area contributed by atoms with Crippen LogP contribution in [-0.2, 0) is 0 Å². The molecule has 0 aromatic rings. The summed E-state index contributed by atoms with van der Waals surface area (Å²) in [4.78, 5) is 0.614. The van der Waals surface area contributed by atoms with Gasteiger partial charge in [0.05, 0.1) is 6.17 Å². The number of hydrogen-bond donors (Lipinski definition) is 3. The van der Waals surface area contributed by atoms with Crippen molar-refractivity contribution in [1.82, 2.24) is 10.7 Å². The molecule has 1 fully saturated rings. The summed E-state index contributed by atoms with van der Waals surface area (Å²) in [6, 6.07) is 0.580. The maximum absolute atomic E-state index is 5.48. The maximum Gasteiger partial charge on any atom is 0.0704 e. The van der Waals surface area contributed by atoms with Crippen LogP contribution in [0, 0.1) is 0 Å². The smallest absolute Gasteiger partial charge is 0.0704 e. The number of nitrogens with one attached hydrogen (secondary N) is 2. The van der Waals surface area contributed by atoms with Crippen molar-refractivity contribution in [3.63, 3.8) is 0 Å². The molecule has 16 heavy (non-hydrogen) atoms. The van der Waals surface area contributed by atoms with Crippen molar-refractivity contribution in [2.24, 2.45) is 5.84 Å². The number of nitrogens with two attached hydrogens (primary N) is 1. The van der Waals surface area contributed by atoms with Gasteiger partial charge < -0.3 is 0 Å². The molecule has 0 spiro atoms. The lowest BCUT2D eigenvalue weighted by molar-refractivity contribution is 0.279. The molecule has 3 unspecified atom stereocenters. The molecule has 1 heterocycles. The fourth-order valence-corrected chi connectivity index (χ4v) is 3.02. The van der Waals surface area contributed by atoms with Gasteiger partial charge in [-0.2, -0.15) is 0 Å². The lowest BCUT2D eigenvalue weighted by atomic mass is 9.97. The first-order chi connectivity index (χ1) is 7.77. The van der Waals surface area contributed by atoms with Gasteiger partial charge in [-0.15, -0.1) is 0 Å². The molecule has 4 heteroatoms. The van der Waals surface area contributed by atoms with Crippen molar-refractivity contribution in [3.05, 3.63) is 0 Å². The van der Waals surface area contributed by atoms with Crippen molar-refractivity contribution in [1.29, 1.82) is 0 Å². The average molecular weight is 292 g/mol. The van der Waals surface area contributed by atoms with Crippen molar-refractivity contribution >= 4 is 15.9 Å². The Morgan fingerprint density at radius 2 is 2.00 bits per heavy atom. The summed E-state index contributed by atoms with van der Waals surface area (Å²) in [5.74, 6) is 5.48. The van der Waals surface area contributed by atoms with Gasteiger partial charge in [-0.05, 0) is 19.3 Å². The Bertz CT molecular complexity index is 178. The fourth-order valence-electron chi connectivity index (χ4n) is 2.34. The zero-order chi connectivity index (χ0) is 11.8. The average Bonchev–Trinajstić information content (AvgIpc) is 2.31. The summed E-state index contributed by atoms with van der Waals surface area (Å²) < 4.78 is 0. The first-order valence-corrected chi connectivity index (χ1v) is 7.55. The number of alkyl halides is 1. The van der Waals surface area contributed by atoms with E-state index in [1.54, 1.807) is 0 Å². The first kappa shape index (κ1) is 14.4. The van der Waals surface area contributed by atoms with Crippen molar-refractivity contribution in [2.45, 2.75) is 75.3 Å². The minimum atomic E-state index is 0.300. The van der Waals surface area contributed by atoms with Gasteiger partial charge >= 0.3 is 0 Å². The monoisotopic (exact) mass is 291 g/mol. The Kier molecular flexibility index (Phi) is 7.62. The maximum atomic E-state index is 5.48. The van der Waals surface area contributed by atoms with Crippen LogP contribution in [0.5, 0.6) is 0 Å². The van der Waals surface area contributed by atoms with E-state index in [0.29, 0.717) is 17.0 Å². The lowest BCUT2D eigenvalue weighted by Crippen LogP contribution is -2.56. The van der Waals surface area contributed by atoms with Gasteiger partial charge in [0.25, 0.3) is 0 Å². The number of rotatable bonds is 7.